The Balaban J connectivity index is 1.92. The van der Waals surface area contributed by atoms with Gasteiger partial charge in [0, 0.05) is 30.2 Å². The molecule has 0 fully saturated rings. The Labute approximate surface area is 147 Å². The predicted molar refractivity (Wildman–Crippen MR) is 101 cm³/mol. The maximum atomic E-state index is 11.8. The Hall–Kier alpha value is -1.99. The summed E-state index contributed by atoms with van der Waals surface area (Å²) in [4.78, 5) is 16.1. The number of anilines is 1. The zero-order chi connectivity index (χ0) is 17.4. The number of carbonyl (C=O) groups is 1. The molecule has 1 aromatic carbocycles. The summed E-state index contributed by atoms with van der Waals surface area (Å²) < 4.78 is 4.97. The molecule has 7 heteroatoms. The summed E-state index contributed by atoms with van der Waals surface area (Å²) in [6.45, 7) is 5.29. The van der Waals surface area contributed by atoms with Crippen LogP contribution in [0, 0.1) is 5.92 Å². The topological polar surface area (TPSA) is 74.8 Å². The van der Waals surface area contributed by atoms with Crippen molar-refractivity contribution < 1.29 is 9.53 Å². The second-order valence-electron chi connectivity index (χ2n) is 5.80. The molecule has 0 atom stereocenters. The van der Waals surface area contributed by atoms with E-state index >= 15 is 0 Å². The molecule has 0 bridgehead atoms. The molecular weight excluding hydrogens is 324 g/mol. The van der Waals surface area contributed by atoms with Crippen molar-refractivity contribution in [1.82, 2.24) is 10.9 Å². The standard InChI is InChI=1S/C17H24N4O2S/c1-12(2)10-16(22)19-14-6-4-13(5-7-14)15-11-24-17(21-20-15)18-8-9-23-3/h4-7,11-12,20H,8-10H2,1-3H3,(H,18,21)(H,19,22). The molecule has 0 saturated carbocycles. The monoisotopic (exact) mass is 348 g/mol. The van der Waals surface area contributed by atoms with E-state index in [9.17, 15) is 4.79 Å². The van der Waals surface area contributed by atoms with Crippen molar-refractivity contribution in [2.45, 2.75) is 20.3 Å². The van der Waals surface area contributed by atoms with Crippen molar-refractivity contribution >= 4 is 34.2 Å². The lowest BCUT2D eigenvalue weighted by Crippen LogP contribution is -2.37. The van der Waals surface area contributed by atoms with E-state index < -0.39 is 0 Å². The number of aliphatic imine (C=N–C) groups is 1. The molecule has 130 valence electrons. The van der Waals surface area contributed by atoms with Crippen LogP contribution in [0.15, 0.2) is 34.7 Å². The summed E-state index contributed by atoms with van der Waals surface area (Å²) in [5.74, 6) is 0.394. The van der Waals surface area contributed by atoms with Gasteiger partial charge in [-0.25, -0.2) is 0 Å². The molecule has 1 aromatic rings. The molecular formula is C17H24N4O2S. The molecule has 0 spiro atoms. The van der Waals surface area contributed by atoms with E-state index in [1.54, 1.807) is 7.11 Å². The van der Waals surface area contributed by atoms with Gasteiger partial charge in [0.15, 0.2) is 5.17 Å². The van der Waals surface area contributed by atoms with E-state index in [4.69, 9.17) is 4.74 Å². The number of rotatable bonds is 7. The van der Waals surface area contributed by atoms with Gasteiger partial charge in [0.25, 0.3) is 0 Å². The number of nitrogens with zero attached hydrogens (tertiary/aromatic N) is 1. The molecule has 1 heterocycles. The first kappa shape index (κ1) is 18.4. The van der Waals surface area contributed by atoms with E-state index in [0.29, 0.717) is 25.5 Å². The number of hydrogen-bond donors (Lipinski definition) is 3. The van der Waals surface area contributed by atoms with Crippen LogP contribution in [0.5, 0.6) is 0 Å². The van der Waals surface area contributed by atoms with Crippen LogP contribution < -0.4 is 16.2 Å². The van der Waals surface area contributed by atoms with Crippen LogP contribution in [0.25, 0.3) is 5.70 Å². The molecule has 6 nitrogen and oxygen atoms in total. The number of thioether (sulfide) groups is 1. The van der Waals surface area contributed by atoms with Crippen molar-refractivity contribution in [3.63, 3.8) is 0 Å². The van der Waals surface area contributed by atoms with Crippen molar-refractivity contribution in [3.8, 4) is 0 Å². The lowest BCUT2D eigenvalue weighted by molar-refractivity contribution is -0.116. The van der Waals surface area contributed by atoms with Crippen LogP contribution in [0.4, 0.5) is 5.69 Å². The van der Waals surface area contributed by atoms with Gasteiger partial charge in [-0.2, -0.15) is 0 Å². The van der Waals surface area contributed by atoms with Gasteiger partial charge in [-0.1, -0.05) is 37.7 Å². The molecule has 0 aromatic heterocycles. The minimum absolute atomic E-state index is 0.0434. The first-order valence-electron chi connectivity index (χ1n) is 7.91. The number of amides is 1. The average molecular weight is 348 g/mol. The zero-order valence-corrected chi connectivity index (χ0v) is 15.1. The van der Waals surface area contributed by atoms with Gasteiger partial charge in [-0.05, 0) is 18.1 Å². The lowest BCUT2D eigenvalue weighted by Gasteiger charge is -2.19. The van der Waals surface area contributed by atoms with Crippen molar-refractivity contribution in [1.29, 1.82) is 0 Å². The zero-order valence-electron chi connectivity index (χ0n) is 14.3. The normalized spacial score (nSPS) is 15.7. The second-order valence-corrected chi connectivity index (χ2v) is 6.66. The van der Waals surface area contributed by atoms with E-state index in [1.165, 1.54) is 11.8 Å². The Bertz CT molecular complexity index is 612. The fourth-order valence-electron chi connectivity index (χ4n) is 2.07. The fraction of sp³-hybridized carbons (Fsp3) is 0.412. The highest BCUT2D eigenvalue weighted by Crippen LogP contribution is 2.21. The summed E-state index contributed by atoms with van der Waals surface area (Å²) in [6.07, 6.45) is 0.528. The summed E-state index contributed by atoms with van der Waals surface area (Å²) >= 11 is 1.53. The van der Waals surface area contributed by atoms with E-state index in [-0.39, 0.29) is 5.91 Å². The first-order chi connectivity index (χ1) is 11.6. The Kier molecular flexibility index (Phi) is 7.14. The highest BCUT2D eigenvalue weighted by Gasteiger charge is 2.10. The van der Waals surface area contributed by atoms with Gasteiger partial charge in [0.05, 0.1) is 18.8 Å². The largest absolute Gasteiger partial charge is 0.383 e. The quantitative estimate of drug-likeness (QED) is 0.661. The molecule has 1 aliphatic rings. The number of nitrogens with one attached hydrogen (secondary N) is 3. The summed E-state index contributed by atoms with van der Waals surface area (Å²) in [7, 11) is 1.66. The molecule has 3 N–H and O–H groups in total. The number of hydrazine groups is 1. The van der Waals surface area contributed by atoms with Crippen LogP contribution in [0.1, 0.15) is 25.8 Å². The number of ether oxygens (including phenoxy) is 1. The van der Waals surface area contributed by atoms with Gasteiger partial charge in [0.2, 0.25) is 5.91 Å². The highest BCUT2D eigenvalue weighted by molar-refractivity contribution is 8.16. The van der Waals surface area contributed by atoms with Gasteiger partial charge in [-0.3, -0.25) is 20.6 Å². The lowest BCUT2D eigenvalue weighted by atomic mass is 10.1. The summed E-state index contributed by atoms with van der Waals surface area (Å²) in [5.41, 5.74) is 9.00. The smallest absolute Gasteiger partial charge is 0.224 e. The number of methoxy groups -OCH3 is 1. The molecule has 0 saturated heterocycles. The van der Waals surface area contributed by atoms with Crippen LogP contribution in [-0.2, 0) is 9.53 Å². The SMILES string of the molecule is COCCN=C1NNC(c2ccc(NC(=O)CC(C)C)cc2)=CS1. The molecule has 24 heavy (non-hydrogen) atoms. The Morgan fingerprint density at radius 3 is 2.62 bits per heavy atom. The molecule has 0 radical (unpaired) electrons. The fourth-order valence-corrected chi connectivity index (χ4v) is 2.77. The molecule has 1 aliphatic heterocycles. The third-order valence-electron chi connectivity index (χ3n) is 3.22. The maximum absolute atomic E-state index is 11.8. The minimum atomic E-state index is 0.0434. The first-order valence-corrected chi connectivity index (χ1v) is 8.79. The van der Waals surface area contributed by atoms with Crippen LogP contribution in [0.3, 0.4) is 0 Å². The van der Waals surface area contributed by atoms with Crippen molar-refractivity contribution in [3.05, 3.63) is 35.2 Å². The summed E-state index contributed by atoms with van der Waals surface area (Å²) in [5, 5.41) is 5.73. The van der Waals surface area contributed by atoms with Gasteiger partial charge in [-0.15, -0.1) is 0 Å². The second kappa shape index (κ2) is 9.34. The third kappa shape index (κ3) is 5.90. The van der Waals surface area contributed by atoms with E-state index in [2.05, 4.69) is 21.2 Å². The van der Waals surface area contributed by atoms with Crippen LogP contribution in [0.2, 0.25) is 0 Å². The van der Waals surface area contributed by atoms with Gasteiger partial charge >= 0.3 is 0 Å². The van der Waals surface area contributed by atoms with E-state index in [1.807, 2.05) is 43.5 Å². The number of carbonyl (C=O) groups excluding carboxylic acids is 1. The van der Waals surface area contributed by atoms with Crippen LogP contribution in [-0.4, -0.2) is 31.3 Å². The number of hydrogen-bond acceptors (Lipinski definition) is 5. The van der Waals surface area contributed by atoms with Crippen molar-refractivity contribution in [2.24, 2.45) is 10.9 Å². The molecule has 2 rings (SSSR count). The van der Waals surface area contributed by atoms with Crippen LogP contribution >= 0.6 is 11.8 Å². The molecule has 0 unspecified atom stereocenters. The molecule has 0 aliphatic carbocycles. The van der Waals surface area contributed by atoms with Gasteiger partial charge in [0.1, 0.15) is 0 Å². The molecule has 1 amide bonds. The third-order valence-corrected chi connectivity index (χ3v) is 4.02. The van der Waals surface area contributed by atoms with Gasteiger partial charge < -0.3 is 10.1 Å². The Morgan fingerprint density at radius 1 is 1.29 bits per heavy atom. The average Bonchev–Trinajstić information content (AvgIpc) is 2.56. The Morgan fingerprint density at radius 2 is 2.04 bits per heavy atom. The highest BCUT2D eigenvalue weighted by atomic mass is 32.2. The predicted octanol–water partition coefficient (Wildman–Crippen LogP) is 2.81. The maximum Gasteiger partial charge on any atom is 0.224 e. The van der Waals surface area contributed by atoms with E-state index in [0.717, 1.165) is 22.1 Å². The van der Waals surface area contributed by atoms with Crippen molar-refractivity contribution in [2.75, 3.05) is 25.6 Å². The minimum Gasteiger partial charge on any atom is -0.383 e. The number of benzene rings is 1. The summed E-state index contributed by atoms with van der Waals surface area (Å²) in [6, 6.07) is 7.75. The number of amidine groups is 1.